The zero-order valence-electron chi connectivity index (χ0n) is 11.5. The molecule has 0 fully saturated rings. The zero-order valence-corrected chi connectivity index (χ0v) is 11.5. The monoisotopic (exact) mass is 263 g/mol. The average Bonchev–Trinajstić information content (AvgIpc) is 2.97. The Hall–Kier alpha value is -2.22. The lowest BCUT2D eigenvalue weighted by Crippen LogP contribution is -2.27. The highest BCUT2D eigenvalue weighted by Crippen LogP contribution is 2.46. The van der Waals surface area contributed by atoms with E-state index in [4.69, 9.17) is 4.74 Å². The van der Waals surface area contributed by atoms with Crippen LogP contribution >= 0.6 is 0 Å². The first-order valence-electron chi connectivity index (χ1n) is 7.07. The summed E-state index contributed by atoms with van der Waals surface area (Å²) < 4.78 is 5.64. The van der Waals surface area contributed by atoms with E-state index in [2.05, 4.69) is 60.8 Å². The minimum absolute atomic E-state index is 0.292. The van der Waals surface area contributed by atoms with Crippen LogP contribution in [0.4, 0.5) is 5.69 Å². The van der Waals surface area contributed by atoms with Gasteiger partial charge in [0.05, 0.1) is 18.9 Å². The molecular formula is C18H17NO. The van der Waals surface area contributed by atoms with Gasteiger partial charge in [0.1, 0.15) is 0 Å². The molecule has 0 bridgehead atoms. The first-order valence-corrected chi connectivity index (χ1v) is 7.07. The summed E-state index contributed by atoms with van der Waals surface area (Å²) in [5, 5.41) is 3.69. The Kier molecular flexibility index (Phi) is 2.56. The van der Waals surface area contributed by atoms with E-state index in [9.17, 15) is 0 Å². The zero-order chi connectivity index (χ0) is 13.5. The van der Waals surface area contributed by atoms with Crippen molar-refractivity contribution in [3.05, 3.63) is 71.5 Å². The van der Waals surface area contributed by atoms with Gasteiger partial charge in [-0.2, -0.15) is 0 Å². The summed E-state index contributed by atoms with van der Waals surface area (Å²) in [5.41, 5.74) is 6.43. The van der Waals surface area contributed by atoms with E-state index < -0.39 is 0 Å². The molecule has 0 saturated carbocycles. The van der Waals surface area contributed by atoms with Crippen LogP contribution in [-0.4, -0.2) is 6.61 Å². The van der Waals surface area contributed by atoms with Gasteiger partial charge in [0.25, 0.3) is 0 Å². The van der Waals surface area contributed by atoms with E-state index in [1.807, 2.05) is 6.26 Å². The second kappa shape index (κ2) is 4.41. The van der Waals surface area contributed by atoms with E-state index >= 15 is 0 Å². The molecule has 0 saturated heterocycles. The number of hydrogen-bond donors (Lipinski definition) is 1. The molecule has 1 N–H and O–H groups in total. The fraction of sp³-hybridized carbons (Fsp3) is 0.222. The summed E-state index contributed by atoms with van der Waals surface area (Å²) >= 11 is 0. The standard InChI is InChI=1S/C18H17NO/c1-12-7-8-17-14(9-12)15-10-20-11-16(15)18(19-17)13-5-3-2-4-6-13/h2-10,16,18-19H,11H2,1H3. The summed E-state index contributed by atoms with van der Waals surface area (Å²) in [6.45, 7) is 2.89. The smallest absolute Gasteiger partial charge is 0.0966 e. The molecule has 2 aliphatic heterocycles. The van der Waals surface area contributed by atoms with E-state index in [-0.39, 0.29) is 0 Å². The molecule has 2 nitrogen and oxygen atoms in total. The number of anilines is 1. The normalized spacial score (nSPS) is 23.1. The number of benzene rings is 2. The molecule has 2 heterocycles. The van der Waals surface area contributed by atoms with Crippen LogP contribution in [0.15, 0.2) is 54.8 Å². The van der Waals surface area contributed by atoms with Crippen LogP contribution in [0.25, 0.3) is 5.57 Å². The minimum Gasteiger partial charge on any atom is -0.500 e. The third-order valence-corrected chi connectivity index (χ3v) is 4.24. The van der Waals surface area contributed by atoms with Crippen LogP contribution in [0, 0.1) is 12.8 Å². The van der Waals surface area contributed by atoms with Crippen LogP contribution in [0.2, 0.25) is 0 Å². The van der Waals surface area contributed by atoms with Gasteiger partial charge in [-0.15, -0.1) is 0 Å². The molecule has 0 spiro atoms. The molecule has 2 heteroatoms. The van der Waals surface area contributed by atoms with Crippen molar-refractivity contribution >= 4 is 11.3 Å². The fourth-order valence-electron chi connectivity index (χ4n) is 3.22. The van der Waals surface area contributed by atoms with Crippen molar-refractivity contribution in [1.29, 1.82) is 0 Å². The first-order chi connectivity index (χ1) is 9.83. The lowest BCUT2D eigenvalue weighted by Gasteiger charge is -2.33. The second-order valence-electron chi connectivity index (χ2n) is 5.59. The van der Waals surface area contributed by atoms with Gasteiger partial charge < -0.3 is 10.1 Å². The van der Waals surface area contributed by atoms with Crippen molar-refractivity contribution < 1.29 is 4.74 Å². The quantitative estimate of drug-likeness (QED) is 0.834. The predicted octanol–water partition coefficient (Wildman–Crippen LogP) is 4.15. The molecule has 2 atom stereocenters. The molecule has 2 aliphatic rings. The minimum atomic E-state index is 0.292. The Morgan fingerprint density at radius 2 is 1.95 bits per heavy atom. The number of ether oxygens (including phenoxy) is 1. The lowest BCUT2D eigenvalue weighted by molar-refractivity contribution is 0.240. The molecule has 4 rings (SSSR count). The molecule has 0 aliphatic carbocycles. The van der Waals surface area contributed by atoms with Crippen LogP contribution < -0.4 is 5.32 Å². The Labute approximate surface area is 119 Å². The van der Waals surface area contributed by atoms with Gasteiger partial charge in [0.2, 0.25) is 0 Å². The van der Waals surface area contributed by atoms with Gasteiger partial charge in [0, 0.05) is 22.7 Å². The highest BCUT2D eigenvalue weighted by molar-refractivity contribution is 5.82. The Morgan fingerprint density at radius 1 is 1.10 bits per heavy atom. The number of rotatable bonds is 1. The van der Waals surface area contributed by atoms with Gasteiger partial charge in [-0.25, -0.2) is 0 Å². The van der Waals surface area contributed by atoms with Crippen molar-refractivity contribution in [3.63, 3.8) is 0 Å². The van der Waals surface area contributed by atoms with Gasteiger partial charge in [-0.3, -0.25) is 0 Å². The summed E-state index contributed by atoms with van der Waals surface area (Å²) in [7, 11) is 0. The van der Waals surface area contributed by atoms with Crippen LogP contribution in [-0.2, 0) is 4.74 Å². The molecule has 2 aromatic rings. The third-order valence-electron chi connectivity index (χ3n) is 4.24. The van der Waals surface area contributed by atoms with Crippen LogP contribution in [0.3, 0.4) is 0 Å². The fourth-order valence-corrected chi connectivity index (χ4v) is 3.22. The predicted molar refractivity (Wildman–Crippen MR) is 81.4 cm³/mol. The molecule has 100 valence electrons. The van der Waals surface area contributed by atoms with Crippen molar-refractivity contribution in [1.82, 2.24) is 0 Å². The maximum Gasteiger partial charge on any atom is 0.0966 e. The van der Waals surface area contributed by atoms with Crippen LogP contribution in [0.1, 0.15) is 22.7 Å². The molecular weight excluding hydrogens is 246 g/mol. The number of nitrogens with one attached hydrogen (secondary N) is 1. The SMILES string of the molecule is Cc1ccc2c(c1)C1=COCC1C(c1ccccc1)N2. The first kappa shape index (κ1) is 11.6. The third kappa shape index (κ3) is 1.72. The highest BCUT2D eigenvalue weighted by Gasteiger charge is 2.36. The summed E-state index contributed by atoms with van der Waals surface area (Å²) in [4.78, 5) is 0. The molecule has 2 unspecified atom stereocenters. The summed E-state index contributed by atoms with van der Waals surface area (Å²) in [6.07, 6.45) is 1.94. The van der Waals surface area contributed by atoms with Crippen molar-refractivity contribution in [3.8, 4) is 0 Å². The van der Waals surface area contributed by atoms with E-state index in [1.54, 1.807) is 0 Å². The Morgan fingerprint density at radius 3 is 2.80 bits per heavy atom. The van der Waals surface area contributed by atoms with Crippen molar-refractivity contribution in [2.45, 2.75) is 13.0 Å². The second-order valence-corrected chi connectivity index (χ2v) is 5.59. The highest BCUT2D eigenvalue weighted by atomic mass is 16.5. The molecule has 2 aromatic carbocycles. The van der Waals surface area contributed by atoms with E-state index in [0.29, 0.717) is 12.0 Å². The maximum atomic E-state index is 5.64. The van der Waals surface area contributed by atoms with E-state index in [0.717, 1.165) is 6.61 Å². The van der Waals surface area contributed by atoms with Gasteiger partial charge in [0.15, 0.2) is 0 Å². The number of fused-ring (bicyclic) bond motifs is 3. The lowest BCUT2D eigenvalue weighted by atomic mass is 9.81. The van der Waals surface area contributed by atoms with Gasteiger partial charge >= 0.3 is 0 Å². The van der Waals surface area contributed by atoms with Gasteiger partial charge in [-0.05, 0) is 24.6 Å². The summed E-state index contributed by atoms with van der Waals surface area (Å²) in [6, 6.07) is 17.5. The Balaban J connectivity index is 1.83. The summed E-state index contributed by atoms with van der Waals surface area (Å²) in [5.74, 6) is 0.395. The van der Waals surface area contributed by atoms with E-state index in [1.165, 1.54) is 28.0 Å². The number of hydrogen-bond acceptors (Lipinski definition) is 2. The molecule has 20 heavy (non-hydrogen) atoms. The maximum absolute atomic E-state index is 5.64. The molecule has 0 amide bonds. The average molecular weight is 263 g/mol. The Bertz CT molecular complexity index is 675. The van der Waals surface area contributed by atoms with Gasteiger partial charge in [-0.1, -0.05) is 42.0 Å². The van der Waals surface area contributed by atoms with Crippen LogP contribution in [0.5, 0.6) is 0 Å². The largest absolute Gasteiger partial charge is 0.500 e. The molecule has 0 radical (unpaired) electrons. The van der Waals surface area contributed by atoms with Crippen molar-refractivity contribution in [2.75, 3.05) is 11.9 Å². The topological polar surface area (TPSA) is 21.3 Å². The molecule has 0 aromatic heterocycles. The van der Waals surface area contributed by atoms with Crippen molar-refractivity contribution in [2.24, 2.45) is 5.92 Å². The number of aryl methyl sites for hydroxylation is 1.